The van der Waals surface area contributed by atoms with E-state index in [4.69, 9.17) is 9.47 Å². The number of esters is 1. The lowest BCUT2D eigenvalue weighted by molar-refractivity contribution is -0.387. The molecule has 0 saturated carbocycles. The molecule has 0 aromatic heterocycles. The van der Waals surface area contributed by atoms with E-state index in [2.05, 4.69) is 5.32 Å². The summed E-state index contributed by atoms with van der Waals surface area (Å²) >= 11 is 0. The van der Waals surface area contributed by atoms with Gasteiger partial charge in [0.2, 0.25) is 5.82 Å². The number of carbonyl (C=O) groups is 2. The second-order valence-corrected chi connectivity index (χ2v) is 5.42. The second kappa shape index (κ2) is 9.27. The molecule has 1 N–H and O–H groups in total. The minimum atomic E-state index is -1.02. The van der Waals surface area contributed by atoms with Gasteiger partial charge in [0.15, 0.2) is 6.61 Å². The highest BCUT2D eigenvalue weighted by Crippen LogP contribution is 2.21. The molecule has 0 saturated heterocycles. The molecule has 9 heteroatoms. The zero-order valence-electron chi connectivity index (χ0n) is 14.4. The van der Waals surface area contributed by atoms with E-state index in [1.54, 1.807) is 12.1 Å². The predicted molar refractivity (Wildman–Crippen MR) is 94.2 cm³/mol. The third kappa shape index (κ3) is 5.77. The Hall–Kier alpha value is -3.49. The summed E-state index contributed by atoms with van der Waals surface area (Å²) in [5.41, 5.74) is -0.513. The van der Waals surface area contributed by atoms with Gasteiger partial charge in [0.1, 0.15) is 5.75 Å². The number of halogens is 1. The lowest BCUT2D eigenvalue weighted by Crippen LogP contribution is -2.21. The fourth-order valence-corrected chi connectivity index (χ4v) is 2.05. The number of hydrogen-bond acceptors (Lipinski definition) is 6. The summed E-state index contributed by atoms with van der Waals surface area (Å²) in [6.07, 6.45) is 0.857. The molecule has 0 spiro atoms. The van der Waals surface area contributed by atoms with Crippen LogP contribution in [-0.4, -0.2) is 30.0 Å². The third-order valence-electron chi connectivity index (χ3n) is 3.32. The molecule has 0 bridgehead atoms. The molecule has 2 aromatic carbocycles. The predicted octanol–water partition coefficient (Wildman–Crippen LogP) is 3.32. The zero-order chi connectivity index (χ0) is 19.8. The summed E-state index contributed by atoms with van der Waals surface area (Å²) in [5.74, 6) is -1.83. The van der Waals surface area contributed by atoms with E-state index < -0.39 is 34.9 Å². The standard InChI is InChI=1S/C18H17FN2O6/c1-2-9-26-14-6-3-12(4-7-14)18(23)27-11-17(22)20-13-5-8-15(19)16(10-13)21(24)25/h3-8,10H,2,9,11H2,1H3,(H,20,22). The third-order valence-corrected chi connectivity index (χ3v) is 3.32. The molecule has 27 heavy (non-hydrogen) atoms. The number of anilines is 1. The van der Waals surface area contributed by atoms with E-state index in [1.165, 1.54) is 12.1 Å². The molecule has 2 rings (SSSR count). The first-order chi connectivity index (χ1) is 12.9. The molecule has 142 valence electrons. The van der Waals surface area contributed by atoms with Crippen molar-refractivity contribution in [2.24, 2.45) is 0 Å². The lowest BCUT2D eigenvalue weighted by atomic mass is 10.2. The summed E-state index contributed by atoms with van der Waals surface area (Å²) < 4.78 is 23.5. The molecule has 2 aromatic rings. The molecule has 0 heterocycles. The van der Waals surface area contributed by atoms with Crippen LogP contribution in [0, 0.1) is 15.9 Å². The number of nitro groups is 1. The maximum atomic E-state index is 13.3. The van der Waals surface area contributed by atoms with Crippen LogP contribution in [-0.2, 0) is 9.53 Å². The van der Waals surface area contributed by atoms with Gasteiger partial charge < -0.3 is 14.8 Å². The first kappa shape index (κ1) is 19.8. The number of rotatable bonds is 8. The average Bonchev–Trinajstić information content (AvgIpc) is 2.66. The lowest BCUT2D eigenvalue weighted by Gasteiger charge is -2.08. The van der Waals surface area contributed by atoms with Crippen molar-refractivity contribution in [3.8, 4) is 5.75 Å². The molecule has 0 unspecified atom stereocenters. The van der Waals surface area contributed by atoms with Gasteiger partial charge in [-0.15, -0.1) is 0 Å². The van der Waals surface area contributed by atoms with Gasteiger partial charge >= 0.3 is 11.7 Å². The molecule has 0 aliphatic rings. The molecule has 0 aliphatic carbocycles. The van der Waals surface area contributed by atoms with Crippen molar-refractivity contribution in [3.05, 3.63) is 64.0 Å². The quantitative estimate of drug-likeness (QED) is 0.430. The van der Waals surface area contributed by atoms with Crippen LogP contribution in [0.5, 0.6) is 5.75 Å². The highest BCUT2D eigenvalue weighted by molar-refractivity contribution is 5.95. The maximum Gasteiger partial charge on any atom is 0.338 e. The number of nitro benzene ring substituents is 1. The molecular weight excluding hydrogens is 359 g/mol. The number of benzene rings is 2. The fourth-order valence-electron chi connectivity index (χ4n) is 2.05. The van der Waals surface area contributed by atoms with Crippen LogP contribution in [0.15, 0.2) is 42.5 Å². The Morgan fingerprint density at radius 3 is 2.52 bits per heavy atom. The van der Waals surface area contributed by atoms with Crippen LogP contribution in [0.2, 0.25) is 0 Å². The number of nitrogens with zero attached hydrogens (tertiary/aromatic N) is 1. The van der Waals surface area contributed by atoms with Gasteiger partial charge in [0, 0.05) is 11.8 Å². The van der Waals surface area contributed by atoms with Crippen LogP contribution in [0.4, 0.5) is 15.8 Å². The van der Waals surface area contributed by atoms with E-state index in [9.17, 15) is 24.1 Å². The van der Waals surface area contributed by atoms with E-state index in [0.717, 1.165) is 24.6 Å². The summed E-state index contributed by atoms with van der Waals surface area (Å²) in [4.78, 5) is 33.5. The SMILES string of the molecule is CCCOc1ccc(C(=O)OCC(=O)Nc2ccc(F)c([N+](=O)[O-])c2)cc1. The Bertz CT molecular complexity index is 838. The molecule has 8 nitrogen and oxygen atoms in total. The Balaban J connectivity index is 1.88. The van der Waals surface area contributed by atoms with Crippen molar-refractivity contribution in [3.63, 3.8) is 0 Å². The zero-order valence-corrected chi connectivity index (χ0v) is 14.4. The Labute approximate surface area is 154 Å². The van der Waals surface area contributed by atoms with E-state index >= 15 is 0 Å². The number of amides is 1. The Kier molecular flexibility index (Phi) is 6.81. The van der Waals surface area contributed by atoms with Gasteiger partial charge in [-0.25, -0.2) is 4.79 Å². The van der Waals surface area contributed by atoms with Crippen molar-refractivity contribution in [2.75, 3.05) is 18.5 Å². The first-order valence-corrected chi connectivity index (χ1v) is 8.04. The van der Waals surface area contributed by atoms with Crippen LogP contribution >= 0.6 is 0 Å². The maximum absolute atomic E-state index is 13.3. The van der Waals surface area contributed by atoms with Gasteiger partial charge in [-0.2, -0.15) is 4.39 Å². The number of hydrogen-bond donors (Lipinski definition) is 1. The minimum absolute atomic E-state index is 0.0153. The van der Waals surface area contributed by atoms with E-state index in [0.29, 0.717) is 12.4 Å². The largest absolute Gasteiger partial charge is 0.494 e. The van der Waals surface area contributed by atoms with Gasteiger partial charge in [0.25, 0.3) is 5.91 Å². The summed E-state index contributed by atoms with van der Waals surface area (Å²) in [5, 5.41) is 13.0. The molecule has 0 radical (unpaired) electrons. The highest BCUT2D eigenvalue weighted by Gasteiger charge is 2.16. The van der Waals surface area contributed by atoms with E-state index in [-0.39, 0.29) is 11.3 Å². The Morgan fingerprint density at radius 2 is 1.89 bits per heavy atom. The van der Waals surface area contributed by atoms with Gasteiger partial charge in [-0.1, -0.05) is 6.92 Å². The molecule has 0 atom stereocenters. The minimum Gasteiger partial charge on any atom is -0.494 e. The first-order valence-electron chi connectivity index (χ1n) is 8.04. The number of carbonyl (C=O) groups excluding carboxylic acids is 2. The van der Waals surface area contributed by atoms with Crippen LogP contribution in [0.1, 0.15) is 23.7 Å². The topological polar surface area (TPSA) is 108 Å². The van der Waals surface area contributed by atoms with Crippen molar-refractivity contribution in [1.82, 2.24) is 0 Å². The molecular formula is C18H17FN2O6. The van der Waals surface area contributed by atoms with Gasteiger partial charge in [-0.05, 0) is 42.8 Å². The average molecular weight is 376 g/mol. The summed E-state index contributed by atoms with van der Waals surface area (Å²) in [6, 6.07) is 9.15. The van der Waals surface area contributed by atoms with Crippen LogP contribution in [0.25, 0.3) is 0 Å². The van der Waals surface area contributed by atoms with Crippen molar-refractivity contribution < 1.29 is 28.4 Å². The number of ether oxygens (including phenoxy) is 2. The highest BCUT2D eigenvalue weighted by atomic mass is 19.1. The van der Waals surface area contributed by atoms with Crippen LogP contribution < -0.4 is 10.1 Å². The molecule has 1 amide bonds. The van der Waals surface area contributed by atoms with Crippen molar-refractivity contribution in [2.45, 2.75) is 13.3 Å². The van der Waals surface area contributed by atoms with Gasteiger partial charge in [-0.3, -0.25) is 14.9 Å². The monoisotopic (exact) mass is 376 g/mol. The number of nitrogens with one attached hydrogen (secondary N) is 1. The van der Waals surface area contributed by atoms with E-state index in [1.807, 2.05) is 6.92 Å². The van der Waals surface area contributed by atoms with Crippen molar-refractivity contribution in [1.29, 1.82) is 0 Å². The Morgan fingerprint density at radius 1 is 1.19 bits per heavy atom. The fraction of sp³-hybridized carbons (Fsp3) is 0.222. The summed E-state index contributed by atoms with van der Waals surface area (Å²) in [7, 11) is 0. The van der Waals surface area contributed by atoms with Gasteiger partial charge in [0.05, 0.1) is 17.1 Å². The summed E-state index contributed by atoms with van der Waals surface area (Å²) in [6.45, 7) is 1.94. The smallest absolute Gasteiger partial charge is 0.338 e. The second-order valence-electron chi connectivity index (χ2n) is 5.42. The molecule has 0 fully saturated rings. The van der Waals surface area contributed by atoms with Crippen molar-refractivity contribution >= 4 is 23.3 Å². The normalized spacial score (nSPS) is 10.1. The van der Waals surface area contributed by atoms with Crippen LogP contribution in [0.3, 0.4) is 0 Å². The molecule has 0 aliphatic heterocycles.